The largest absolute Gasteiger partial charge is 0.416 e. The number of halogens is 3. The van der Waals surface area contributed by atoms with Crippen LogP contribution in [0.2, 0.25) is 0 Å². The van der Waals surface area contributed by atoms with Gasteiger partial charge in [-0.05, 0) is 43.0 Å². The summed E-state index contributed by atoms with van der Waals surface area (Å²) in [6.45, 7) is 1.84. The van der Waals surface area contributed by atoms with Crippen molar-refractivity contribution in [1.29, 1.82) is 0 Å². The summed E-state index contributed by atoms with van der Waals surface area (Å²) in [6, 6.07) is 3.60. The number of allylic oxidation sites excluding steroid dienone is 4. The van der Waals surface area contributed by atoms with Gasteiger partial charge in [-0.2, -0.15) is 13.2 Å². The van der Waals surface area contributed by atoms with E-state index in [4.69, 9.17) is 0 Å². The molecular weight excluding hydrogens is 227 g/mol. The van der Waals surface area contributed by atoms with Crippen LogP contribution in [0, 0.1) is 13.3 Å². The van der Waals surface area contributed by atoms with E-state index in [0.717, 1.165) is 11.6 Å². The molecule has 0 amide bonds. The molecule has 1 aromatic heterocycles. The lowest BCUT2D eigenvalue weighted by Gasteiger charge is -2.16. The topological polar surface area (TPSA) is 12.9 Å². The Morgan fingerprint density at radius 1 is 1.29 bits per heavy atom. The number of rotatable bonds is 1. The third-order valence-electron chi connectivity index (χ3n) is 2.60. The molecule has 1 nitrogen and oxygen atoms in total. The maximum Gasteiger partial charge on any atom is 0.416 e. The van der Waals surface area contributed by atoms with Crippen LogP contribution in [0.1, 0.15) is 17.7 Å². The average Bonchev–Trinajstić information content (AvgIpc) is 2.29. The highest BCUT2D eigenvalue weighted by Crippen LogP contribution is 2.34. The van der Waals surface area contributed by atoms with Crippen LogP contribution in [0.5, 0.6) is 0 Å². The van der Waals surface area contributed by atoms with Crippen LogP contribution < -0.4 is 0 Å². The predicted octanol–water partition coefficient (Wildman–Crippen LogP) is 3.87. The van der Waals surface area contributed by atoms with E-state index in [1.54, 1.807) is 18.7 Å². The Hall–Kier alpha value is -1.58. The minimum Gasteiger partial charge on any atom is -0.256 e. The summed E-state index contributed by atoms with van der Waals surface area (Å²) < 4.78 is 37.8. The monoisotopic (exact) mass is 238 g/mol. The molecule has 1 heterocycles. The van der Waals surface area contributed by atoms with Gasteiger partial charge in [0, 0.05) is 6.20 Å². The number of aromatic nitrogens is 1. The number of pyridine rings is 1. The fraction of sp³-hybridized carbons (Fsp3) is 0.231. The van der Waals surface area contributed by atoms with Crippen molar-refractivity contribution in [2.75, 3.05) is 0 Å². The second-order valence-corrected chi connectivity index (χ2v) is 3.87. The van der Waals surface area contributed by atoms with Crippen LogP contribution in [0.4, 0.5) is 13.2 Å². The molecule has 0 N–H and O–H groups in total. The highest BCUT2D eigenvalue weighted by atomic mass is 19.4. The molecule has 2 rings (SSSR count). The fourth-order valence-corrected chi connectivity index (χ4v) is 1.75. The van der Waals surface area contributed by atoms with E-state index in [0.29, 0.717) is 11.3 Å². The lowest BCUT2D eigenvalue weighted by Crippen LogP contribution is -2.13. The van der Waals surface area contributed by atoms with Crippen molar-refractivity contribution in [2.45, 2.75) is 19.5 Å². The maximum atomic E-state index is 12.6. The van der Waals surface area contributed by atoms with E-state index in [1.165, 1.54) is 6.08 Å². The van der Waals surface area contributed by atoms with E-state index in [9.17, 15) is 13.2 Å². The van der Waals surface area contributed by atoms with Crippen molar-refractivity contribution in [2.24, 2.45) is 0 Å². The fourth-order valence-electron chi connectivity index (χ4n) is 1.75. The van der Waals surface area contributed by atoms with Crippen molar-refractivity contribution in [3.63, 3.8) is 0 Å². The first kappa shape index (κ1) is 11.9. The number of hydrogen-bond donors (Lipinski definition) is 0. The first-order chi connectivity index (χ1) is 7.98. The maximum absolute atomic E-state index is 12.6. The highest BCUT2D eigenvalue weighted by Gasteiger charge is 2.33. The van der Waals surface area contributed by atoms with Gasteiger partial charge in [0.15, 0.2) is 0 Å². The molecule has 1 radical (unpaired) electrons. The Labute approximate surface area is 97.7 Å². The summed E-state index contributed by atoms with van der Waals surface area (Å²) in [7, 11) is 0. The standard InChI is InChI=1S/C13H11F3N/c1-9-4-3-7-17-12(9)10-5-2-6-11(8-10)13(14,15)16/h3-8H,2H2,1H3. The number of alkyl halides is 3. The number of aryl methyl sites for hydroxylation is 1. The Balaban J connectivity index is 2.39. The Kier molecular flexibility index (Phi) is 3.05. The minimum absolute atomic E-state index is 0.288. The van der Waals surface area contributed by atoms with Gasteiger partial charge in [0.2, 0.25) is 0 Å². The normalized spacial score (nSPS) is 16.5. The average molecular weight is 238 g/mol. The molecule has 0 unspecified atom stereocenters. The van der Waals surface area contributed by atoms with Crippen molar-refractivity contribution < 1.29 is 13.2 Å². The molecule has 1 aliphatic rings. The lowest BCUT2D eigenvalue weighted by atomic mass is 9.94. The summed E-state index contributed by atoms with van der Waals surface area (Å²) in [5.41, 5.74) is 1.43. The molecule has 0 spiro atoms. The summed E-state index contributed by atoms with van der Waals surface area (Å²) in [5, 5.41) is 0. The molecule has 0 saturated carbocycles. The molecule has 0 saturated heterocycles. The summed E-state index contributed by atoms with van der Waals surface area (Å²) in [6.07, 6.45) is 1.67. The summed E-state index contributed by atoms with van der Waals surface area (Å²) >= 11 is 0. The van der Waals surface area contributed by atoms with Gasteiger partial charge < -0.3 is 0 Å². The molecule has 89 valence electrons. The van der Waals surface area contributed by atoms with Crippen LogP contribution in [-0.2, 0) is 0 Å². The summed E-state index contributed by atoms with van der Waals surface area (Å²) in [5.74, 6) is 0. The molecule has 0 aliphatic heterocycles. The third-order valence-corrected chi connectivity index (χ3v) is 2.60. The van der Waals surface area contributed by atoms with Crippen molar-refractivity contribution in [3.05, 3.63) is 53.7 Å². The second-order valence-electron chi connectivity index (χ2n) is 3.87. The van der Waals surface area contributed by atoms with Crippen molar-refractivity contribution in [1.82, 2.24) is 4.98 Å². The molecule has 0 atom stereocenters. The van der Waals surface area contributed by atoms with Crippen molar-refractivity contribution in [3.8, 4) is 0 Å². The molecule has 17 heavy (non-hydrogen) atoms. The van der Waals surface area contributed by atoms with Crippen LogP contribution in [0.25, 0.3) is 5.57 Å². The minimum atomic E-state index is -4.29. The number of hydrogen-bond acceptors (Lipinski definition) is 1. The van der Waals surface area contributed by atoms with Gasteiger partial charge in [-0.25, -0.2) is 0 Å². The van der Waals surface area contributed by atoms with Gasteiger partial charge >= 0.3 is 6.18 Å². The molecule has 0 bridgehead atoms. The molecule has 1 aliphatic carbocycles. The van der Waals surface area contributed by atoms with E-state index >= 15 is 0 Å². The Morgan fingerprint density at radius 3 is 2.71 bits per heavy atom. The van der Waals surface area contributed by atoms with Crippen LogP contribution in [0.3, 0.4) is 0 Å². The molecule has 0 fully saturated rings. The van der Waals surface area contributed by atoms with Gasteiger partial charge in [0.1, 0.15) is 0 Å². The predicted molar refractivity (Wildman–Crippen MR) is 60.0 cm³/mol. The van der Waals surface area contributed by atoms with E-state index in [1.807, 2.05) is 13.0 Å². The zero-order chi connectivity index (χ0) is 12.5. The SMILES string of the molecule is Cc1cccnc1C1=CC(C(F)(F)F)=CC[CH]1. The lowest BCUT2D eigenvalue weighted by molar-refractivity contribution is -0.0884. The second kappa shape index (κ2) is 4.35. The quantitative estimate of drug-likeness (QED) is 0.723. The van der Waals surface area contributed by atoms with Gasteiger partial charge in [0.05, 0.1) is 11.3 Å². The van der Waals surface area contributed by atoms with E-state index in [-0.39, 0.29) is 6.42 Å². The zero-order valence-corrected chi connectivity index (χ0v) is 9.25. The van der Waals surface area contributed by atoms with E-state index in [2.05, 4.69) is 4.98 Å². The third kappa shape index (κ3) is 2.57. The van der Waals surface area contributed by atoms with Crippen molar-refractivity contribution >= 4 is 5.57 Å². The molecule has 0 aromatic carbocycles. The first-order valence-corrected chi connectivity index (χ1v) is 5.23. The Morgan fingerprint density at radius 2 is 2.06 bits per heavy atom. The smallest absolute Gasteiger partial charge is 0.256 e. The first-order valence-electron chi connectivity index (χ1n) is 5.23. The van der Waals surface area contributed by atoms with E-state index < -0.39 is 11.7 Å². The number of nitrogens with zero attached hydrogens (tertiary/aromatic N) is 1. The van der Waals surface area contributed by atoms with Gasteiger partial charge in [-0.3, -0.25) is 4.98 Å². The zero-order valence-electron chi connectivity index (χ0n) is 9.25. The van der Waals surface area contributed by atoms with Crippen LogP contribution in [-0.4, -0.2) is 11.2 Å². The van der Waals surface area contributed by atoms with Gasteiger partial charge in [-0.1, -0.05) is 12.1 Å². The molecule has 1 aromatic rings. The highest BCUT2D eigenvalue weighted by molar-refractivity contribution is 5.75. The van der Waals surface area contributed by atoms with Gasteiger partial charge in [-0.15, -0.1) is 0 Å². The van der Waals surface area contributed by atoms with Crippen LogP contribution >= 0.6 is 0 Å². The van der Waals surface area contributed by atoms with Gasteiger partial charge in [0.25, 0.3) is 0 Å². The Bertz CT molecular complexity index is 484. The molecular formula is C13H11F3N. The summed E-state index contributed by atoms with van der Waals surface area (Å²) in [4.78, 5) is 4.12. The van der Waals surface area contributed by atoms with Crippen LogP contribution in [0.15, 0.2) is 36.1 Å². The molecule has 4 heteroatoms.